The molecule has 0 radical (unpaired) electrons. The van der Waals surface area contributed by atoms with Gasteiger partial charge in [0, 0.05) is 4.47 Å². The van der Waals surface area contributed by atoms with Crippen LogP contribution in [0, 0.1) is 0 Å². The molecule has 2 aromatic rings. The monoisotopic (exact) mass is 349 g/mol. The van der Waals surface area contributed by atoms with Crippen LogP contribution in [0.1, 0.15) is 22.2 Å². The predicted octanol–water partition coefficient (Wildman–Crippen LogP) is 1.52. The molecule has 2 atom stereocenters. The lowest BCUT2D eigenvalue weighted by atomic mass is 10.0. The SMILES string of the molecule is O=C(NC1C(=O)NNC1c1ccc(Br)cc1)c1ccco1. The van der Waals surface area contributed by atoms with Gasteiger partial charge in [0.1, 0.15) is 6.04 Å². The highest BCUT2D eigenvalue weighted by Gasteiger charge is 2.37. The minimum absolute atomic E-state index is 0.171. The van der Waals surface area contributed by atoms with Crippen molar-refractivity contribution in [2.24, 2.45) is 0 Å². The fourth-order valence-electron chi connectivity index (χ4n) is 2.18. The fourth-order valence-corrected chi connectivity index (χ4v) is 2.44. The summed E-state index contributed by atoms with van der Waals surface area (Å²) < 4.78 is 5.97. The molecule has 2 amide bonds. The first-order valence-corrected chi connectivity index (χ1v) is 7.09. The predicted molar refractivity (Wildman–Crippen MR) is 78.1 cm³/mol. The Morgan fingerprint density at radius 2 is 2.00 bits per heavy atom. The molecule has 0 aliphatic carbocycles. The van der Waals surface area contributed by atoms with Crippen molar-refractivity contribution in [2.75, 3.05) is 0 Å². The van der Waals surface area contributed by atoms with Crippen molar-refractivity contribution in [1.29, 1.82) is 0 Å². The summed E-state index contributed by atoms with van der Waals surface area (Å²) in [4.78, 5) is 23.9. The van der Waals surface area contributed by atoms with Crippen molar-refractivity contribution in [3.05, 3.63) is 58.5 Å². The van der Waals surface area contributed by atoms with Gasteiger partial charge in [0.2, 0.25) is 0 Å². The molecule has 2 unspecified atom stereocenters. The highest BCUT2D eigenvalue weighted by molar-refractivity contribution is 9.10. The molecule has 2 heterocycles. The second-order valence-electron chi connectivity index (χ2n) is 4.59. The second-order valence-corrected chi connectivity index (χ2v) is 5.51. The quantitative estimate of drug-likeness (QED) is 0.784. The van der Waals surface area contributed by atoms with Crippen LogP contribution < -0.4 is 16.2 Å². The van der Waals surface area contributed by atoms with Crippen molar-refractivity contribution in [3.63, 3.8) is 0 Å². The molecule has 0 saturated carbocycles. The number of hydrogen-bond donors (Lipinski definition) is 3. The van der Waals surface area contributed by atoms with Crippen LogP contribution in [0.2, 0.25) is 0 Å². The number of amides is 2. The van der Waals surface area contributed by atoms with Crippen LogP contribution in [0.25, 0.3) is 0 Å². The zero-order valence-corrected chi connectivity index (χ0v) is 12.4. The van der Waals surface area contributed by atoms with Gasteiger partial charge in [0.05, 0.1) is 12.3 Å². The first-order chi connectivity index (χ1) is 10.1. The molecule has 108 valence electrons. The lowest BCUT2D eigenvalue weighted by Crippen LogP contribution is -2.42. The Bertz CT molecular complexity index is 655. The van der Waals surface area contributed by atoms with Gasteiger partial charge in [0.15, 0.2) is 5.76 Å². The van der Waals surface area contributed by atoms with Gasteiger partial charge in [-0.15, -0.1) is 0 Å². The van der Waals surface area contributed by atoms with E-state index in [4.69, 9.17) is 4.42 Å². The molecule has 0 bridgehead atoms. The largest absolute Gasteiger partial charge is 0.459 e. The summed E-state index contributed by atoms with van der Waals surface area (Å²) in [6.45, 7) is 0. The Hall–Kier alpha value is -2.12. The smallest absolute Gasteiger partial charge is 0.287 e. The average molecular weight is 350 g/mol. The number of furan rings is 1. The minimum Gasteiger partial charge on any atom is -0.459 e. The zero-order valence-electron chi connectivity index (χ0n) is 10.8. The lowest BCUT2D eigenvalue weighted by molar-refractivity contribution is -0.121. The third-order valence-electron chi connectivity index (χ3n) is 3.23. The molecule has 21 heavy (non-hydrogen) atoms. The molecule has 3 rings (SSSR count). The Balaban J connectivity index is 1.79. The topological polar surface area (TPSA) is 83.4 Å². The van der Waals surface area contributed by atoms with E-state index in [2.05, 4.69) is 32.1 Å². The maximum atomic E-state index is 12.0. The van der Waals surface area contributed by atoms with Gasteiger partial charge in [-0.1, -0.05) is 28.1 Å². The lowest BCUT2D eigenvalue weighted by Gasteiger charge is -2.17. The highest BCUT2D eigenvalue weighted by Crippen LogP contribution is 2.22. The number of rotatable bonds is 3. The second kappa shape index (κ2) is 5.71. The number of halogens is 1. The molecule has 1 aromatic carbocycles. The summed E-state index contributed by atoms with van der Waals surface area (Å²) in [6.07, 6.45) is 1.41. The van der Waals surface area contributed by atoms with Crippen molar-refractivity contribution in [3.8, 4) is 0 Å². The van der Waals surface area contributed by atoms with Crippen molar-refractivity contribution in [2.45, 2.75) is 12.1 Å². The molecule has 1 aromatic heterocycles. The molecular weight excluding hydrogens is 338 g/mol. The molecule has 1 aliphatic heterocycles. The van der Waals surface area contributed by atoms with Crippen molar-refractivity contribution in [1.82, 2.24) is 16.2 Å². The first-order valence-electron chi connectivity index (χ1n) is 6.30. The van der Waals surface area contributed by atoms with Crippen molar-refractivity contribution < 1.29 is 14.0 Å². The Kier molecular flexibility index (Phi) is 3.76. The van der Waals surface area contributed by atoms with E-state index < -0.39 is 11.9 Å². The van der Waals surface area contributed by atoms with E-state index in [0.717, 1.165) is 10.0 Å². The van der Waals surface area contributed by atoms with E-state index in [-0.39, 0.29) is 17.7 Å². The molecule has 6 nitrogen and oxygen atoms in total. The molecule has 1 saturated heterocycles. The number of carbonyl (C=O) groups excluding carboxylic acids is 2. The Morgan fingerprint density at radius 3 is 2.67 bits per heavy atom. The van der Waals surface area contributed by atoms with Gasteiger partial charge in [-0.3, -0.25) is 15.0 Å². The van der Waals surface area contributed by atoms with Crippen LogP contribution in [-0.2, 0) is 4.79 Å². The summed E-state index contributed by atoms with van der Waals surface area (Å²) in [5.41, 5.74) is 6.31. The normalized spacial score (nSPS) is 21.1. The summed E-state index contributed by atoms with van der Waals surface area (Å²) in [6, 6.07) is 9.64. The number of hydrogen-bond acceptors (Lipinski definition) is 4. The first kappa shape index (κ1) is 13.8. The number of nitrogens with one attached hydrogen (secondary N) is 3. The van der Waals surface area contributed by atoms with Crippen molar-refractivity contribution >= 4 is 27.7 Å². The molecule has 3 N–H and O–H groups in total. The maximum Gasteiger partial charge on any atom is 0.287 e. The summed E-state index contributed by atoms with van der Waals surface area (Å²) in [7, 11) is 0. The van der Waals surface area contributed by atoms with Crippen LogP contribution in [0.5, 0.6) is 0 Å². The van der Waals surface area contributed by atoms with E-state index in [1.165, 1.54) is 6.26 Å². The van der Waals surface area contributed by atoms with E-state index in [1.54, 1.807) is 12.1 Å². The Labute approximate surface area is 129 Å². The molecular formula is C14H12BrN3O3. The molecule has 0 spiro atoms. The number of hydrazine groups is 1. The van der Waals surface area contributed by atoms with E-state index >= 15 is 0 Å². The fraction of sp³-hybridized carbons (Fsp3) is 0.143. The van der Waals surface area contributed by atoms with Crippen LogP contribution in [-0.4, -0.2) is 17.9 Å². The number of benzene rings is 1. The third kappa shape index (κ3) is 2.84. The highest BCUT2D eigenvalue weighted by atomic mass is 79.9. The Morgan fingerprint density at radius 1 is 1.24 bits per heavy atom. The van der Waals surface area contributed by atoms with Gasteiger partial charge in [0.25, 0.3) is 11.8 Å². The third-order valence-corrected chi connectivity index (χ3v) is 3.76. The number of carbonyl (C=O) groups is 2. The molecule has 1 aliphatic rings. The van der Waals surface area contributed by atoms with Gasteiger partial charge >= 0.3 is 0 Å². The van der Waals surface area contributed by atoms with E-state index in [0.29, 0.717) is 0 Å². The standard InChI is InChI=1S/C14H12BrN3O3/c15-9-5-3-8(4-6-9)11-12(14(20)18-17-11)16-13(19)10-2-1-7-21-10/h1-7,11-12,17H,(H,16,19)(H,18,20). The van der Waals surface area contributed by atoms with E-state index in [1.807, 2.05) is 24.3 Å². The molecule has 7 heteroatoms. The maximum absolute atomic E-state index is 12.0. The van der Waals surface area contributed by atoms with Gasteiger partial charge in [-0.05, 0) is 29.8 Å². The summed E-state index contributed by atoms with van der Waals surface area (Å²) in [5.74, 6) is -0.543. The van der Waals surface area contributed by atoms with Gasteiger partial charge < -0.3 is 9.73 Å². The zero-order chi connectivity index (χ0) is 14.8. The summed E-state index contributed by atoms with van der Waals surface area (Å²) in [5, 5.41) is 2.68. The summed E-state index contributed by atoms with van der Waals surface area (Å²) >= 11 is 3.36. The van der Waals surface area contributed by atoms with Crippen LogP contribution in [0.15, 0.2) is 51.6 Å². The van der Waals surface area contributed by atoms with Gasteiger partial charge in [-0.25, -0.2) is 5.43 Å². The van der Waals surface area contributed by atoms with Crippen LogP contribution in [0.4, 0.5) is 0 Å². The average Bonchev–Trinajstić information content (AvgIpc) is 3.11. The van der Waals surface area contributed by atoms with Crippen LogP contribution in [0.3, 0.4) is 0 Å². The molecule has 1 fully saturated rings. The minimum atomic E-state index is -0.705. The van der Waals surface area contributed by atoms with E-state index in [9.17, 15) is 9.59 Å². The van der Waals surface area contributed by atoms with Crippen LogP contribution >= 0.6 is 15.9 Å². The van der Waals surface area contributed by atoms with Gasteiger partial charge in [-0.2, -0.15) is 0 Å².